The maximum atomic E-state index is 15.2. The Labute approximate surface area is 238 Å². The number of halogens is 1. The summed E-state index contributed by atoms with van der Waals surface area (Å²) in [6.45, 7) is 4.00. The van der Waals surface area contributed by atoms with Crippen LogP contribution in [-0.4, -0.2) is 63.2 Å². The molecule has 2 fully saturated rings. The summed E-state index contributed by atoms with van der Waals surface area (Å²) in [5.74, 6) is -0.961. The zero-order valence-electron chi connectivity index (χ0n) is 23.5. The molecule has 2 saturated carbocycles. The van der Waals surface area contributed by atoms with E-state index in [0.29, 0.717) is 35.8 Å². The van der Waals surface area contributed by atoms with Gasteiger partial charge in [0.15, 0.2) is 0 Å². The van der Waals surface area contributed by atoms with Crippen molar-refractivity contribution in [1.29, 1.82) is 0 Å². The number of sulfone groups is 1. The van der Waals surface area contributed by atoms with E-state index in [1.54, 1.807) is 18.2 Å². The topological polar surface area (TPSA) is 152 Å². The fourth-order valence-corrected chi connectivity index (χ4v) is 6.26. The number of hydrogen-bond acceptors (Lipinski definition) is 7. The van der Waals surface area contributed by atoms with E-state index in [-0.39, 0.29) is 29.7 Å². The van der Waals surface area contributed by atoms with Crippen molar-refractivity contribution < 1.29 is 22.4 Å². The van der Waals surface area contributed by atoms with E-state index >= 15 is 4.39 Å². The van der Waals surface area contributed by atoms with E-state index in [4.69, 9.17) is 0 Å². The van der Waals surface area contributed by atoms with Crippen molar-refractivity contribution in [3.63, 3.8) is 0 Å². The van der Waals surface area contributed by atoms with Crippen molar-refractivity contribution in [2.45, 2.75) is 65.0 Å². The maximum absolute atomic E-state index is 15.2. The summed E-state index contributed by atoms with van der Waals surface area (Å²) in [6, 6.07) is 3.85. The van der Waals surface area contributed by atoms with E-state index < -0.39 is 33.6 Å². The van der Waals surface area contributed by atoms with Gasteiger partial charge in [-0.3, -0.25) is 19.4 Å². The van der Waals surface area contributed by atoms with Crippen LogP contribution in [0.1, 0.15) is 60.9 Å². The number of hydrogen-bond donors (Lipinski definition) is 3. The van der Waals surface area contributed by atoms with Crippen LogP contribution in [0.4, 0.5) is 10.2 Å². The third kappa shape index (κ3) is 6.83. The molecule has 11 nitrogen and oxygen atoms in total. The van der Waals surface area contributed by atoms with Crippen molar-refractivity contribution in [3.05, 3.63) is 47.4 Å². The molecule has 5 rings (SSSR count). The lowest BCUT2D eigenvalue weighted by Crippen LogP contribution is -2.50. The van der Waals surface area contributed by atoms with Gasteiger partial charge < -0.3 is 10.6 Å². The number of rotatable bonds is 13. The van der Waals surface area contributed by atoms with Gasteiger partial charge in [0, 0.05) is 35.8 Å². The molecule has 2 amide bonds. The molecule has 0 bridgehead atoms. The Morgan fingerprint density at radius 2 is 1.88 bits per heavy atom. The SMILES string of the molecule is CCc1n[nH]c(C)c1-c1ccc(NC(=O)[C@@H](NC(=O)c2ccnn2CCCS(C)(=O)=O)C(C2CC2)C2CC2)nc1F. The number of nitrogens with zero attached hydrogens (tertiary/aromatic N) is 4. The number of aromatic nitrogens is 5. The molecular weight excluding hydrogens is 549 g/mol. The Kier molecular flexibility index (Phi) is 8.25. The minimum absolute atomic E-state index is 0.0212. The van der Waals surface area contributed by atoms with Gasteiger partial charge in [0.25, 0.3) is 5.91 Å². The van der Waals surface area contributed by atoms with Crippen LogP contribution < -0.4 is 10.6 Å². The summed E-state index contributed by atoms with van der Waals surface area (Å²) in [5.41, 5.74) is 2.67. The van der Waals surface area contributed by atoms with Crippen molar-refractivity contribution in [3.8, 4) is 11.1 Å². The van der Waals surface area contributed by atoms with Crippen LogP contribution in [0.25, 0.3) is 11.1 Å². The average Bonchev–Trinajstić information content (AvgIpc) is 3.84. The number of H-pyrrole nitrogens is 1. The summed E-state index contributed by atoms with van der Waals surface area (Å²) in [5, 5.41) is 17.0. The molecule has 3 N–H and O–H groups in total. The van der Waals surface area contributed by atoms with Gasteiger partial charge >= 0.3 is 0 Å². The molecule has 0 unspecified atom stereocenters. The largest absolute Gasteiger partial charge is 0.339 e. The van der Waals surface area contributed by atoms with Gasteiger partial charge in [-0.2, -0.15) is 14.6 Å². The van der Waals surface area contributed by atoms with Crippen LogP contribution in [0.15, 0.2) is 24.4 Å². The highest BCUT2D eigenvalue weighted by molar-refractivity contribution is 7.90. The molecule has 13 heteroatoms. The molecular formula is C28H36FN7O4S. The molecule has 0 radical (unpaired) electrons. The molecule has 2 aliphatic rings. The fraction of sp³-hybridized carbons (Fsp3) is 0.536. The minimum atomic E-state index is -3.14. The van der Waals surface area contributed by atoms with Gasteiger partial charge in [0.1, 0.15) is 27.4 Å². The highest BCUT2D eigenvalue weighted by atomic mass is 32.2. The van der Waals surface area contributed by atoms with Gasteiger partial charge in [0.2, 0.25) is 11.9 Å². The van der Waals surface area contributed by atoms with Crippen molar-refractivity contribution in [2.24, 2.45) is 17.8 Å². The average molecular weight is 586 g/mol. The lowest BCUT2D eigenvalue weighted by Gasteiger charge is -2.27. The van der Waals surface area contributed by atoms with Crippen LogP contribution in [0.5, 0.6) is 0 Å². The Morgan fingerprint density at radius 1 is 1.17 bits per heavy atom. The van der Waals surface area contributed by atoms with Crippen LogP contribution in [0.3, 0.4) is 0 Å². The number of carbonyl (C=O) groups excluding carboxylic acids is 2. The zero-order valence-corrected chi connectivity index (χ0v) is 24.3. The number of carbonyl (C=O) groups is 2. The molecule has 220 valence electrons. The van der Waals surface area contributed by atoms with Crippen LogP contribution in [-0.2, 0) is 27.6 Å². The van der Waals surface area contributed by atoms with E-state index in [0.717, 1.165) is 43.3 Å². The monoisotopic (exact) mass is 585 g/mol. The summed E-state index contributed by atoms with van der Waals surface area (Å²) in [4.78, 5) is 31.1. The van der Waals surface area contributed by atoms with Gasteiger partial charge in [-0.05, 0) is 81.4 Å². The molecule has 0 aromatic carbocycles. The van der Waals surface area contributed by atoms with E-state index in [2.05, 4.69) is 30.9 Å². The van der Waals surface area contributed by atoms with Crippen LogP contribution in [0.2, 0.25) is 0 Å². The highest BCUT2D eigenvalue weighted by Gasteiger charge is 2.48. The Bertz CT molecular complexity index is 1530. The second kappa shape index (κ2) is 11.7. The first-order chi connectivity index (χ1) is 19.6. The lowest BCUT2D eigenvalue weighted by atomic mass is 9.88. The number of amides is 2. The third-order valence-electron chi connectivity index (χ3n) is 7.85. The number of aromatic amines is 1. The molecule has 1 atom stereocenters. The van der Waals surface area contributed by atoms with Crippen LogP contribution in [0, 0.1) is 30.6 Å². The van der Waals surface area contributed by atoms with E-state index in [1.807, 2.05) is 13.8 Å². The first-order valence-electron chi connectivity index (χ1n) is 14.1. The fourth-order valence-electron chi connectivity index (χ4n) is 5.61. The van der Waals surface area contributed by atoms with Crippen molar-refractivity contribution in [2.75, 3.05) is 17.3 Å². The number of pyridine rings is 1. The quantitative estimate of drug-likeness (QED) is 0.260. The molecule has 3 heterocycles. The summed E-state index contributed by atoms with van der Waals surface area (Å²) in [6.07, 6.45) is 7.56. The number of anilines is 1. The van der Waals surface area contributed by atoms with E-state index in [1.165, 1.54) is 10.9 Å². The van der Waals surface area contributed by atoms with Crippen LogP contribution >= 0.6 is 0 Å². The Hall–Kier alpha value is -3.61. The molecule has 3 aromatic heterocycles. The molecule has 41 heavy (non-hydrogen) atoms. The summed E-state index contributed by atoms with van der Waals surface area (Å²) in [7, 11) is -3.14. The van der Waals surface area contributed by atoms with Crippen molar-refractivity contribution in [1.82, 2.24) is 30.3 Å². The summed E-state index contributed by atoms with van der Waals surface area (Å²) >= 11 is 0. The van der Waals surface area contributed by atoms with Gasteiger partial charge in [0.05, 0.1) is 11.4 Å². The Morgan fingerprint density at radius 3 is 2.49 bits per heavy atom. The molecule has 2 aliphatic carbocycles. The van der Waals surface area contributed by atoms with E-state index in [9.17, 15) is 18.0 Å². The normalized spacial score (nSPS) is 16.1. The number of aryl methyl sites for hydroxylation is 3. The number of nitrogens with one attached hydrogen (secondary N) is 3. The molecule has 0 aliphatic heterocycles. The first-order valence-corrected chi connectivity index (χ1v) is 16.1. The zero-order chi connectivity index (χ0) is 29.3. The van der Waals surface area contributed by atoms with Gasteiger partial charge in [-0.25, -0.2) is 13.4 Å². The van der Waals surface area contributed by atoms with Gasteiger partial charge in [-0.15, -0.1) is 0 Å². The highest BCUT2D eigenvalue weighted by Crippen LogP contribution is 2.51. The molecule has 3 aromatic rings. The molecule has 0 spiro atoms. The predicted octanol–water partition coefficient (Wildman–Crippen LogP) is 3.29. The van der Waals surface area contributed by atoms with Gasteiger partial charge in [-0.1, -0.05) is 6.92 Å². The molecule has 0 saturated heterocycles. The second-order valence-corrected chi connectivity index (χ2v) is 13.4. The Balaban J connectivity index is 1.34. The second-order valence-electron chi connectivity index (χ2n) is 11.2. The third-order valence-corrected chi connectivity index (χ3v) is 8.88. The minimum Gasteiger partial charge on any atom is -0.339 e. The predicted molar refractivity (Wildman–Crippen MR) is 151 cm³/mol. The first kappa shape index (κ1) is 28.9. The maximum Gasteiger partial charge on any atom is 0.270 e. The van der Waals surface area contributed by atoms with Crippen molar-refractivity contribution >= 4 is 27.5 Å². The summed E-state index contributed by atoms with van der Waals surface area (Å²) < 4.78 is 39.7. The lowest BCUT2D eigenvalue weighted by molar-refractivity contribution is -0.119. The standard InChI is InChI=1S/C28H36FN7O4S/c1-4-20-23(16(2)34-35-20)19-10-11-22(31-26(19)29)32-28(38)25(24(17-6-7-17)18-8-9-18)33-27(37)21-12-13-30-36(21)14-5-15-41(3,39)40/h10-13,17-18,24-25H,4-9,14-15H2,1-3H3,(H,33,37)(H,34,35)(H,31,32,38)/t25-/m0/s1. The smallest absolute Gasteiger partial charge is 0.270 e.